The molecule has 17 heavy (non-hydrogen) atoms. The lowest BCUT2D eigenvalue weighted by Gasteiger charge is -2.17. The van der Waals surface area contributed by atoms with Crippen LogP contribution in [0.2, 0.25) is 0 Å². The molecule has 0 amide bonds. The molecule has 3 N–H and O–H groups in total. The Kier molecular flexibility index (Phi) is 5.05. The van der Waals surface area contributed by atoms with Crippen LogP contribution in [0.15, 0.2) is 24.3 Å². The molecular formula is C13H20FNO2. The SMILES string of the molecule is CC.OCC1(O)CNC(c2cccc(F)c2)C1. The summed E-state index contributed by atoms with van der Waals surface area (Å²) >= 11 is 0. The average molecular weight is 241 g/mol. The molecular weight excluding hydrogens is 221 g/mol. The van der Waals surface area contributed by atoms with E-state index in [1.165, 1.54) is 12.1 Å². The Morgan fingerprint density at radius 2 is 2.18 bits per heavy atom. The van der Waals surface area contributed by atoms with Crippen LogP contribution < -0.4 is 5.32 Å². The van der Waals surface area contributed by atoms with Crippen LogP contribution in [0.5, 0.6) is 0 Å². The molecule has 0 spiro atoms. The fourth-order valence-electron chi connectivity index (χ4n) is 1.92. The molecule has 1 aromatic rings. The van der Waals surface area contributed by atoms with Gasteiger partial charge in [-0.05, 0) is 24.1 Å². The highest BCUT2D eigenvalue weighted by atomic mass is 19.1. The Bertz CT molecular complexity index is 359. The largest absolute Gasteiger partial charge is 0.393 e. The van der Waals surface area contributed by atoms with E-state index in [2.05, 4.69) is 5.32 Å². The number of rotatable bonds is 2. The topological polar surface area (TPSA) is 52.5 Å². The van der Waals surface area contributed by atoms with Crippen LogP contribution in [0, 0.1) is 5.82 Å². The van der Waals surface area contributed by atoms with Gasteiger partial charge in [-0.15, -0.1) is 0 Å². The molecule has 2 atom stereocenters. The molecule has 96 valence electrons. The van der Waals surface area contributed by atoms with E-state index in [0.29, 0.717) is 13.0 Å². The first kappa shape index (κ1) is 14.1. The van der Waals surface area contributed by atoms with E-state index in [0.717, 1.165) is 5.56 Å². The Balaban J connectivity index is 0.000000686. The Morgan fingerprint density at radius 3 is 2.71 bits per heavy atom. The van der Waals surface area contributed by atoms with Gasteiger partial charge in [-0.1, -0.05) is 26.0 Å². The quantitative estimate of drug-likeness (QED) is 0.737. The van der Waals surface area contributed by atoms with Gasteiger partial charge in [-0.2, -0.15) is 0 Å². The van der Waals surface area contributed by atoms with Crippen LogP contribution in [-0.4, -0.2) is 29.0 Å². The summed E-state index contributed by atoms with van der Waals surface area (Å²) in [4.78, 5) is 0. The molecule has 4 heteroatoms. The maximum Gasteiger partial charge on any atom is 0.123 e. The second-order valence-corrected chi connectivity index (χ2v) is 4.08. The highest BCUT2D eigenvalue weighted by molar-refractivity contribution is 5.22. The molecule has 0 bridgehead atoms. The van der Waals surface area contributed by atoms with E-state index >= 15 is 0 Å². The number of β-amino-alcohol motifs (C(OH)–C–C–N with tert-alkyl or cyclic N) is 1. The summed E-state index contributed by atoms with van der Waals surface area (Å²) in [5, 5.41) is 21.8. The third kappa shape index (κ3) is 3.49. The van der Waals surface area contributed by atoms with Crippen LogP contribution >= 0.6 is 0 Å². The molecule has 1 heterocycles. The van der Waals surface area contributed by atoms with Gasteiger partial charge >= 0.3 is 0 Å². The first-order valence-electron chi connectivity index (χ1n) is 5.95. The summed E-state index contributed by atoms with van der Waals surface area (Å²) < 4.78 is 13.0. The zero-order valence-corrected chi connectivity index (χ0v) is 10.3. The summed E-state index contributed by atoms with van der Waals surface area (Å²) in [6, 6.07) is 6.20. The standard InChI is InChI=1S/C11H14FNO2.C2H6/c12-9-3-1-2-8(4-9)10-5-11(15,7-14)6-13-10;1-2/h1-4,10,13-15H,5-7H2;1-2H3. The maximum atomic E-state index is 13.0. The van der Waals surface area contributed by atoms with Gasteiger partial charge in [0.1, 0.15) is 11.4 Å². The van der Waals surface area contributed by atoms with Gasteiger partial charge in [-0.25, -0.2) is 4.39 Å². The van der Waals surface area contributed by atoms with Gasteiger partial charge in [0.05, 0.1) is 6.61 Å². The monoisotopic (exact) mass is 241 g/mol. The lowest BCUT2D eigenvalue weighted by atomic mass is 9.97. The number of hydrogen-bond donors (Lipinski definition) is 3. The second-order valence-electron chi connectivity index (χ2n) is 4.08. The zero-order chi connectivity index (χ0) is 12.9. The lowest BCUT2D eigenvalue weighted by Crippen LogP contribution is -2.35. The van der Waals surface area contributed by atoms with Gasteiger partial charge in [0, 0.05) is 12.6 Å². The molecule has 0 radical (unpaired) electrons. The molecule has 0 aliphatic carbocycles. The molecule has 0 aromatic heterocycles. The minimum absolute atomic E-state index is 0.0853. The third-order valence-corrected chi connectivity index (χ3v) is 2.81. The minimum atomic E-state index is -1.07. The average Bonchev–Trinajstić information content (AvgIpc) is 2.76. The van der Waals surface area contributed by atoms with Crippen LogP contribution in [0.1, 0.15) is 31.9 Å². The van der Waals surface area contributed by atoms with Crippen molar-refractivity contribution in [3.05, 3.63) is 35.6 Å². The zero-order valence-electron chi connectivity index (χ0n) is 10.3. The molecule has 2 rings (SSSR count). The fourth-order valence-corrected chi connectivity index (χ4v) is 1.92. The summed E-state index contributed by atoms with van der Waals surface area (Å²) in [7, 11) is 0. The first-order chi connectivity index (χ1) is 8.13. The van der Waals surface area contributed by atoms with E-state index in [-0.39, 0.29) is 18.5 Å². The van der Waals surface area contributed by atoms with Crippen molar-refractivity contribution in [2.75, 3.05) is 13.2 Å². The minimum Gasteiger partial charge on any atom is -0.393 e. The molecule has 1 saturated heterocycles. The molecule has 1 fully saturated rings. The summed E-state index contributed by atoms with van der Waals surface area (Å²) in [6.07, 6.45) is 0.410. The number of halogens is 1. The Morgan fingerprint density at radius 1 is 1.47 bits per heavy atom. The first-order valence-corrected chi connectivity index (χ1v) is 5.95. The van der Waals surface area contributed by atoms with E-state index in [4.69, 9.17) is 5.11 Å². The molecule has 2 unspecified atom stereocenters. The van der Waals surface area contributed by atoms with Crippen LogP contribution in [0.4, 0.5) is 4.39 Å². The predicted octanol–water partition coefficient (Wildman–Crippen LogP) is 1.61. The van der Waals surface area contributed by atoms with Crippen molar-refractivity contribution in [2.45, 2.75) is 31.9 Å². The van der Waals surface area contributed by atoms with E-state index in [1.54, 1.807) is 6.07 Å². The summed E-state index contributed by atoms with van der Waals surface area (Å²) in [5.74, 6) is -0.284. The number of nitrogens with one attached hydrogen (secondary N) is 1. The molecule has 0 saturated carbocycles. The van der Waals surface area contributed by atoms with Gasteiger partial charge in [0.15, 0.2) is 0 Å². The van der Waals surface area contributed by atoms with E-state index in [1.807, 2.05) is 19.9 Å². The van der Waals surface area contributed by atoms with E-state index < -0.39 is 5.60 Å². The molecule has 3 nitrogen and oxygen atoms in total. The highest BCUT2D eigenvalue weighted by Gasteiger charge is 2.36. The van der Waals surface area contributed by atoms with Gasteiger partial charge in [-0.3, -0.25) is 0 Å². The molecule has 1 aliphatic rings. The van der Waals surface area contributed by atoms with Gasteiger partial charge < -0.3 is 15.5 Å². The third-order valence-electron chi connectivity index (χ3n) is 2.81. The van der Waals surface area contributed by atoms with Crippen molar-refractivity contribution >= 4 is 0 Å². The van der Waals surface area contributed by atoms with Gasteiger partial charge in [0.2, 0.25) is 0 Å². The Hall–Kier alpha value is -0.970. The van der Waals surface area contributed by atoms with E-state index in [9.17, 15) is 9.50 Å². The summed E-state index contributed by atoms with van der Waals surface area (Å²) in [5.41, 5.74) is -0.267. The Labute approximate surface area is 101 Å². The van der Waals surface area contributed by atoms with Crippen molar-refractivity contribution in [1.82, 2.24) is 5.32 Å². The van der Waals surface area contributed by atoms with Crippen molar-refractivity contribution < 1.29 is 14.6 Å². The predicted molar refractivity (Wildman–Crippen MR) is 65.1 cm³/mol. The maximum absolute atomic E-state index is 13.0. The summed E-state index contributed by atoms with van der Waals surface area (Å²) in [6.45, 7) is 4.07. The molecule has 1 aliphatic heterocycles. The van der Waals surface area contributed by atoms with Gasteiger partial charge in [0.25, 0.3) is 0 Å². The van der Waals surface area contributed by atoms with Crippen molar-refractivity contribution in [3.8, 4) is 0 Å². The number of aliphatic hydroxyl groups excluding tert-OH is 1. The number of hydrogen-bond acceptors (Lipinski definition) is 3. The lowest BCUT2D eigenvalue weighted by molar-refractivity contribution is 0.00119. The van der Waals surface area contributed by atoms with Crippen molar-refractivity contribution in [3.63, 3.8) is 0 Å². The van der Waals surface area contributed by atoms with Crippen LogP contribution in [0.25, 0.3) is 0 Å². The molecule has 1 aromatic carbocycles. The number of benzene rings is 1. The van der Waals surface area contributed by atoms with Crippen molar-refractivity contribution in [2.24, 2.45) is 0 Å². The van der Waals surface area contributed by atoms with Crippen LogP contribution in [0.3, 0.4) is 0 Å². The highest BCUT2D eigenvalue weighted by Crippen LogP contribution is 2.29. The smallest absolute Gasteiger partial charge is 0.123 e. The second kappa shape index (κ2) is 6.10. The normalized spacial score (nSPS) is 27.5. The van der Waals surface area contributed by atoms with Crippen molar-refractivity contribution in [1.29, 1.82) is 0 Å². The number of aliphatic hydroxyl groups is 2. The fraction of sp³-hybridized carbons (Fsp3) is 0.538. The van der Waals surface area contributed by atoms with Crippen LogP contribution in [-0.2, 0) is 0 Å².